The third-order valence-corrected chi connectivity index (χ3v) is 9.33. The molecule has 4 rings (SSSR count). The van der Waals surface area contributed by atoms with Crippen molar-refractivity contribution in [2.24, 2.45) is 16.7 Å². The molecule has 2 aliphatic rings. The monoisotopic (exact) mass is 448 g/mol. The molecule has 2 heterocycles. The fraction of sp³-hybridized carbons (Fsp3) is 0.652. The number of thiophene rings is 1. The van der Waals surface area contributed by atoms with E-state index in [4.69, 9.17) is 4.98 Å². The normalized spacial score (nSPS) is 33.2. The SMILES string of the molecule is CC(C)NC(=O)C[C@@H]1c2nc(-c3ccsc3)sc2C[C@@H]2[C@](C)(CO)[C@H](O)CC[C@]21C. The molecule has 1 amide bonds. The van der Waals surface area contributed by atoms with Gasteiger partial charge in [0.2, 0.25) is 5.91 Å². The van der Waals surface area contributed by atoms with Gasteiger partial charge in [-0.3, -0.25) is 4.79 Å². The van der Waals surface area contributed by atoms with Gasteiger partial charge in [0.25, 0.3) is 0 Å². The average molecular weight is 449 g/mol. The Hall–Kier alpha value is -1.28. The molecule has 3 N–H and O–H groups in total. The number of aliphatic hydroxyl groups excluding tert-OH is 2. The van der Waals surface area contributed by atoms with Crippen LogP contribution < -0.4 is 5.32 Å². The van der Waals surface area contributed by atoms with E-state index >= 15 is 0 Å². The molecule has 0 bridgehead atoms. The molecule has 1 fully saturated rings. The van der Waals surface area contributed by atoms with Crippen LogP contribution in [0, 0.1) is 16.7 Å². The van der Waals surface area contributed by atoms with Crippen LogP contribution in [-0.4, -0.2) is 39.9 Å². The zero-order valence-corrected chi connectivity index (χ0v) is 19.8. The van der Waals surface area contributed by atoms with Gasteiger partial charge >= 0.3 is 0 Å². The van der Waals surface area contributed by atoms with E-state index in [0.29, 0.717) is 12.8 Å². The number of hydrogen-bond donors (Lipinski definition) is 3. The number of nitrogens with zero attached hydrogens (tertiary/aromatic N) is 1. The van der Waals surface area contributed by atoms with Crippen LogP contribution in [0.15, 0.2) is 16.8 Å². The van der Waals surface area contributed by atoms with Crippen LogP contribution >= 0.6 is 22.7 Å². The molecule has 7 heteroatoms. The van der Waals surface area contributed by atoms with Crippen molar-refractivity contribution in [3.8, 4) is 10.6 Å². The summed E-state index contributed by atoms with van der Waals surface area (Å²) in [7, 11) is 0. The lowest BCUT2D eigenvalue weighted by molar-refractivity contribution is -0.144. The maximum absolute atomic E-state index is 12.8. The molecular formula is C23H32N2O3S2. The number of fused-ring (bicyclic) bond motifs is 2. The van der Waals surface area contributed by atoms with E-state index in [1.54, 1.807) is 22.7 Å². The number of carbonyl (C=O) groups excluding carboxylic acids is 1. The number of amides is 1. The highest BCUT2D eigenvalue weighted by Crippen LogP contribution is 2.62. The topological polar surface area (TPSA) is 82.5 Å². The molecule has 1 saturated carbocycles. The summed E-state index contributed by atoms with van der Waals surface area (Å²) in [6.45, 7) is 8.16. The minimum absolute atomic E-state index is 0.0213. The Bertz CT molecular complexity index is 910. The van der Waals surface area contributed by atoms with Gasteiger partial charge in [0, 0.05) is 39.6 Å². The fourth-order valence-electron chi connectivity index (χ4n) is 5.72. The van der Waals surface area contributed by atoms with Crippen molar-refractivity contribution >= 4 is 28.6 Å². The summed E-state index contributed by atoms with van der Waals surface area (Å²) < 4.78 is 0. The van der Waals surface area contributed by atoms with Gasteiger partial charge in [-0.1, -0.05) is 13.8 Å². The predicted molar refractivity (Wildman–Crippen MR) is 122 cm³/mol. The second-order valence-electron chi connectivity index (χ2n) is 9.80. The summed E-state index contributed by atoms with van der Waals surface area (Å²) in [4.78, 5) is 19.1. The third-order valence-electron chi connectivity index (χ3n) is 7.50. The molecule has 164 valence electrons. The highest BCUT2D eigenvalue weighted by molar-refractivity contribution is 7.15. The van der Waals surface area contributed by atoms with Crippen LogP contribution in [-0.2, 0) is 11.2 Å². The van der Waals surface area contributed by atoms with Crippen LogP contribution in [0.5, 0.6) is 0 Å². The highest BCUT2D eigenvalue weighted by Gasteiger charge is 2.59. The summed E-state index contributed by atoms with van der Waals surface area (Å²) in [6, 6.07) is 2.18. The summed E-state index contributed by atoms with van der Waals surface area (Å²) in [5, 5.41) is 29.4. The first-order chi connectivity index (χ1) is 14.2. The minimum atomic E-state index is -0.579. The second kappa shape index (κ2) is 8.01. The van der Waals surface area contributed by atoms with E-state index in [9.17, 15) is 15.0 Å². The number of aromatic nitrogens is 1. The number of nitrogens with one attached hydrogen (secondary N) is 1. The minimum Gasteiger partial charge on any atom is -0.396 e. The van der Waals surface area contributed by atoms with Crippen molar-refractivity contribution in [3.05, 3.63) is 27.4 Å². The lowest BCUT2D eigenvalue weighted by Crippen LogP contribution is -2.57. The molecule has 30 heavy (non-hydrogen) atoms. The van der Waals surface area contributed by atoms with E-state index in [1.807, 2.05) is 20.8 Å². The zero-order valence-electron chi connectivity index (χ0n) is 18.1. The van der Waals surface area contributed by atoms with Crippen LogP contribution in [0.1, 0.15) is 63.4 Å². The largest absolute Gasteiger partial charge is 0.396 e. The Kier molecular flexibility index (Phi) is 5.85. The molecule has 0 unspecified atom stereocenters. The molecule has 2 aliphatic carbocycles. The maximum Gasteiger partial charge on any atom is 0.220 e. The second-order valence-corrected chi connectivity index (χ2v) is 11.7. The lowest BCUT2D eigenvalue weighted by atomic mass is 9.47. The smallest absolute Gasteiger partial charge is 0.220 e. The highest BCUT2D eigenvalue weighted by atomic mass is 32.1. The zero-order chi connectivity index (χ0) is 21.7. The van der Waals surface area contributed by atoms with Crippen LogP contribution in [0.25, 0.3) is 10.6 Å². The summed E-state index contributed by atoms with van der Waals surface area (Å²) in [5.41, 5.74) is 1.40. The van der Waals surface area contributed by atoms with Crippen LogP contribution in [0.2, 0.25) is 0 Å². The van der Waals surface area contributed by atoms with Crippen molar-refractivity contribution in [2.75, 3.05) is 6.61 Å². The predicted octanol–water partition coefficient (Wildman–Crippen LogP) is 4.20. The number of aliphatic hydroxyl groups is 2. The van der Waals surface area contributed by atoms with Crippen molar-refractivity contribution in [1.29, 1.82) is 0 Å². The van der Waals surface area contributed by atoms with Gasteiger partial charge < -0.3 is 15.5 Å². The number of hydrogen-bond acceptors (Lipinski definition) is 6. The van der Waals surface area contributed by atoms with Gasteiger partial charge in [-0.2, -0.15) is 11.3 Å². The first kappa shape index (κ1) is 21.9. The standard InChI is InChI=1S/C23H32N2O3S2/c1-13(2)24-19(28)9-15-20-16(30-21(25-20)14-6-8-29-11-14)10-17-22(15,3)7-5-18(27)23(17,4)12-26/h6,8,11,13,15,17-18,26-27H,5,7,9-10,12H2,1-4H3,(H,24,28)/t15-,17+,18-,22+,23+/m1/s1. The summed E-state index contributed by atoms with van der Waals surface area (Å²) in [5.74, 6) is 0.121. The fourth-order valence-corrected chi connectivity index (χ4v) is 7.60. The van der Waals surface area contributed by atoms with Crippen LogP contribution in [0.4, 0.5) is 0 Å². The number of carbonyl (C=O) groups is 1. The molecule has 0 spiro atoms. The van der Waals surface area contributed by atoms with E-state index in [1.165, 1.54) is 4.88 Å². The molecule has 0 radical (unpaired) electrons. The first-order valence-electron chi connectivity index (χ1n) is 10.8. The van der Waals surface area contributed by atoms with Crippen molar-refractivity contribution in [3.63, 3.8) is 0 Å². The van der Waals surface area contributed by atoms with E-state index in [2.05, 4.69) is 29.1 Å². The van der Waals surface area contributed by atoms with Gasteiger partial charge in [-0.05, 0) is 55.9 Å². The van der Waals surface area contributed by atoms with Crippen molar-refractivity contribution in [1.82, 2.24) is 10.3 Å². The molecule has 5 atom stereocenters. The quantitative estimate of drug-likeness (QED) is 0.640. The van der Waals surface area contributed by atoms with E-state index in [-0.39, 0.29) is 35.8 Å². The van der Waals surface area contributed by atoms with Gasteiger partial charge in [-0.15, -0.1) is 11.3 Å². The molecule has 2 aromatic rings. The molecule has 0 aliphatic heterocycles. The maximum atomic E-state index is 12.8. The molecule has 0 saturated heterocycles. The molecule has 5 nitrogen and oxygen atoms in total. The Morgan fingerprint density at radius 3 is 2.80 bits per heavy atom. The molecular weight excluding hydrogens is 416 g/mol. The Morgan fingerprint density at radius 1 is 1.40 bits per heavy atom. The van der Waals surface area contributed by atoms with Gasteiger partial charge in [0.1, 0.15) is 5.01 Å². The van der Waals surface area contributed by atoms with Crippen molar-refractivity contribution in [2.45, 2.75) is 71.4 Å². The Balaban J connectivity index is 1.80. The Morgan fingerprint density at radius 2 is 2.17 bits per heavy atom. The van der Waals surface area contributed by atoms with Gasteiger partial charge in [0.15, 0.2) is 0 Å². The number of rotatable bonds is 5. The van der Waals surface area contributed by atoms with E-state index in [0.717, 1.165) is 29.1 Å². The Labute approximate surface area is 186 Å². The van der Waals surface area contributed by atoms with Crippen molar-refractivity contribution < 1.29 is 15.0 Å². The third kappa shape index (κ3) is 3.53. The van der Waals surface area contributed by atoms with Gasteiger partial charge in [0.05, 0.1) is 18.4 Å². The lowest BCUT2D eigenvalue weighted by Gasteiger charge is -2.58. The molecule has 0 aromatic carbocycles. The average Bonchev–Trinajstić information content (AvgIpc) is 3.35. The number of thiazole rings is 1. The summed E-state index contributed by atoms with van der Waals surface area (Å²) in [6.07, 6.45) is 2.13. The summed E-state index contributed by atoms with van der Waals surface area (Å²) >= 11 is 3.36. The molecule has 2 aromatic heterocycles. The van der Waals surface area contributed by atoms with E-state index < -0.39 is 11.5 Å². The van der Waals surface area contributed by atoms with Gasteiger partial charge in [-0.25, -0.2) is 4.98 Å². The van der Waals surface area contributed by atoms with Crippen LogP contribution in [0.3, 0.4) is 0 Å². The first-order valence-corrected chi connectivity index (χ1v) is 12.6.